The number of hydrogen-bond acceptors (Lipinski definition) is 13. The lowest BCUT2D eigenvalue weighted by atomic mass is 9.73. The summed E-state index contributed by atoms with van der Waals surface area (Å²) in [6.07, 6.45) is -0.591. The van der Waals surface area contributed by atoms with Gasteiger partial charge >= 0.3 is 5.97 Å². The van der Waals surface area contributed by atoms with Crippen LogP contribution in [0.2, 0.25) is 0 Å². The molecule has 7 rings (SSSR count). The molecule has 0 amide bonds. The van der Waals surface area contributed by atoms with Crippen molar-refractivity contribution >= 4 is 23.5 Å². The van der Waals surface area contributed by atoms with Gasteiger partial charge in [0, 0.05) is 47.5 Å². The molecule has 3 aromatic rings. The number of nitrogens with zero attached hydrogens (tertiary/aromatic N) is 2. The zero-order valence-corrected chi connectivity index (χ0v) is 30.5. The minimum atomic E-state index is -1.04. The molecule has 0 spiro atoms. The van der Waals surface area contributed by atoms with Gasteiger partial charge in [0.15, 0.2) is 23.0 Å². The van der Waals surface area contributed by atoms with Gasteiger partial charge in [-0.25, -0.2) is 0 Å². The maximum absolute atomic E-state index is 13.2. The number of hydrogen-bond donors (Lipinski definition) is 4. The first-order valence-electron chi connectivity index (χ1n) is 17.2. The van der Waals surface area contributed by atoms with E-state index in [9.17, 15) is 24.9 Å². The van der Waals surface area contributed by atoms with E-state index in [-0.39, 0.29) is 31.0 Å². The van der Waals surface area contributed by atoms with Gasteiger partial charge in [-0.3, -0.25) is 19.4 Å². The zero-order chi connectivity index (χ0) is 36.3. The molecule has 2 unspecified atom stereocenters. The molecule has 7 atom stereocenters. The second-order valence-electron chi connectivity index (χ2n) is 13.8. The highest BCUT2D eigenvalue weighted by molar-refractivity contribution is 7.99. The number of aromatic hydroxyl groups is 1. The second-order valence-corrected chi connectivity index (χ2v) is 15.0. The third kappa shape index (κ3) is 5.84. The van der Waals surface area contributed by atoms with Crippen LogP contribution in [-0.2, 0) is 22.6 Å². The van der Waals surface area contributed by atoms with Crippen molar-refractivity contribution in [1.29, 1.82) is 0 Å². The monoisotopic (exact) mass is 719 g/mol. The minimum Gasteiger partial charge on any atom is -0.504 e. The number of phenolic OH excluding ortho intramolecular Hbond substituents is 1. The number of benzene rings is 3. The van der Waals surface area contributed by atoms with Gasteiger partial charge in [-0.1, -0.05) is 36.4 Å². The van der Waals surface area contributed by atoms with Crippen LogP contribution in [-0.4, -0.2) is 94.5 Å². The Balaban J connectivity index is 1.43. The van der Waals surface area contributed by atoms with Crippen molar-refractivity contribution in [3.05, 3.63) is 75.3 Å². The summed E-state index contributed by atoms with van der Waals surface area (Å²) in [5, 5.41) is 38.3. The van der Waals surface area contributed by atoms with Crippen molar-refractivity contribution < 1.29 is 43.9 Å². The number of nitrogens with one attached hydrogen (secondary N) is 1. The number of carbonyl (C=O) groups excluding carboxylic acids is 2. The molecule has 4 N–H and O–H groups in total. The third-order valence-corrected chi connectivity index (χ3v) is 12.3. The molecule has 12 nitrogen and oxygen atoms in total. The summed E-state index contributed by atoms with van der Waals surface area (Å²) in [5.41, 5.74) is 5.18. The molecule has 0 saturated carbocycles. The number of piperazine rings is 1. The summed E-state index contributed by atoms with van der Waals surface area (Å²) in [7, 11) is 3.46. The lowest BCUT2D eigenvalue weighted by molar-refractivity contribution is -0.178. The smallest absolute Gasteiger partial charge is 0.308 e. The Hall–Kier alpha value is -3.85. The Labute approximate surface area is 301 Å². The van der Waals surface area contributed by atoms with E-state index in [1.54, 1.807) is 13.8 Å². The molecule has 0 aliphatic carbocycles. The van der Waals surface area contributed by atoms with Crippen LogP contribution in [0.5, 0.6) is 28.7 Å². The molecule has 272 valence electrons. The number of aliphatic hydroxyl groups excluding tert-OH is 2. The summed E-state index contributed by atoms with van der Waals surface area (Å²) in [4.78, 5) is 29.9. The van der Waals surface area contributed by atoms with Crippen LogP contribution in [0.25, 0.3) is 0 Å². The molecule has 51 heavy (non-hydrogen) atoms. The lowest BCUT2D eigenvalue weighted by Gasteiger charge is -2.61. The first-order chi connectivity index (χ1) is 24.5. The predicted molar refractivity (Wildman–Crippen MR) is 190 cm³/mol. The van der Waals surface area contributed by atoms with Gasteiger partial charge in [0.05, 0.1) is 43.1 Å². The predicted octanol–water partition coefficient (Wildman–Crippen LogP) is 3.84. The molecule has 2 bridgehead atoms. The third-order valence-electron chi connectivity index (χ3n) is 10.9. The van der Waals surface area contributed by atoms with Crippen LogP contribution in [0.4, 0.5) is 0 Å². The number of ether oxygens (including phenoxy) is 4. The number of aliphatic hydroxyl groups is 2. The molecule has 4 aliphatic heterocycles. The lowest BCUT2D eigenvalue weighted by Crippen LogP contribution is -2.69. The fourth-order valence-electron chi connectivity index (χ4n) is 8.62. The SMILES string of the molecule is COc1c(C)cc2c(c1O)[C@@H]1C3[C@H](SC[C@H](NCc4ccccc4)C(C)=O)c4c(OC(C)=O)c(C)c5c(c4[C@H](CO)N3C(O)[C@H](C2)N1C)OCO5. The number of phenols is 1. The van der Waals surface area contributed by atoms with E-state index >= 15 is 0 Å². The number of esters is 1. The largest absolute Gasteiger partial charge is 0.504 e. The molecule has 0 aromatic heterocycles. The minimum absolute atomic E-state index is 0.0300. The molecular formula is C38H45N3O9S. The van der Waals surface area contributed by atoms with Gasteiger partial charge in [0.1, 0.15) is 17.8 Å². The van der Waals surface area contributed by atoms with E-state index in [2.05, 4.69) is 10.2 Å². The highest BCUT2D eigenvalue weighted by atomic mass is 32.2. The van der Waals surface area contributed by atoms with Crippen molar-refractivity contribution in [3.8, 4) is 28.7 Å². The molecule has 4 heterocycles. The van der Waals surface area contributed by atoms with Gasteiger partial charge in [-0.15, -0.1) is 11.8 Å². The average molecular weight is 720 g/mol. The van der Waals surface area contributed by atoms with Crippen molar-refractivity contribution in [2.24, 2.45) is 0 Å². The van der Waals surface area contributed by atoms with E-state index in [4.69, 9.17) is 18.9 Å². The van der Waals surface area contributed by atoms with Gasteiger partial charge in [-0.2, -0.15) is 0 Å². The average Bonchev–Trinajstić information content (AvgIpc) is 3.59. The quantitative estimate of drug-likeness (QED) is 0.178. The van der Waals surface area contributed by atoms with E-state index in [1.165, 1.54) is 25.8 Å². The van der Waals surface area contributed by atoms with Crippen molar-refractivity contribution in [3.63, 3.8) is 0 Å². The maximum Gasteiger partial charge on any atom is 0.308 e. The summed E-state index contributed by atoms with van der Waals surface area (Å²) in [5.74, 6) is 1.32. The number of fused-ring (bicyclic) bond motifs is 9. The van der Waals surface area contributed by atoms with Crippen molar-refractivity contribution in [2.45, 2.75) is 82.3 Å². The van der Waals surface area contributed by atoms with Gasteiger partial charge in [0.25, 0.3) is 0 Å². The Morgan fingerprint density at radius 2 is 1.80 bits per heavy atom. The molecule has 4 aliphatic rings. The highest BCUT2D eigenvalue weighted by Crippen LogP contribution is 2.63. The number of ketones is 1. The van der Waals surface area contributed by atoms with E-state index < -0.39 is 41.6 Å². The fourth-order valence-corrected chi connectivity index (χ4v) is 10.3. The summed E-state index contributed by atoms with van der Waals surface area (Å²) in [6, 6.07) is 9.06. The van der Waals surface area contributed by atoms with Gasteiger partial charge in [-0.05, 0) is 50.9 Å². The van der Waals surface area contributed by atoms with E-state index in [0.717, 1.165) is 16.7 Å². The fraction of sp³-hybridized carbons (Fsp3) is 0.474. The maximum atomic E-state index is 13.2. The van der Waals surface area contributed by atoms with Crippen molar-refractivity contribution in [2.75, 3.05) is 33.3 Å². The number of carbonyl (C=O) groups is 2. The standard InChI is InChI=1S/C38H45N3O9S/c1-18-12-23-13-25-38(46)41-26(15-42)28-29(34(50-21(4)44)19(2)35-36(28)49-17-48-35)37(31(41)30(40(25)5)27(23)32(45)33(18)47-6)51-16-24(20(3)43)39-14-22-10-8-7-9-11-22/h7-12,24-26,30-31,37-39,42,45-46H,13-17H2,1-6H3/t24-,25-,26-,30+,31?,37+,38?/m0/s1. The van der Waals surface area contributed by atoms with Crippen LogP contribution >= 0.6 is 11.8 Å². The van der Waals surface area contributed by atoms with Crippen molar-refractivity contribution in [1.82, 2.24) is 15.1 Å². The Kier molecular flexibility index (Phi) is 9.72. The number of aryl methyl sites for hydroxylation is 1. The topological polar surface area (TPSA) is 150 Å². The number of methoxy groups -OCH3 is 1. The van der Waals surface area contributed by atoms with E-state index in [0.29, 0.717) is 64.0 Å². The molecular weight excluding hydrogens is 674 g/mol. The van der Waals surface area contributed by atoms with Gasteiger partial charge in [0.2, 0.25) is 6.79 Å². The number of rotatable bonds is 10. The Morgan fingerprint density at radius 1 is 1.08 bits per heavy atom. The summed E-state index contributed by atoms with van der Waals surface area (Å²) < 4.78 is 23.7. The first kappa shape index (κ1) is 35.5. The molecule has 3 aromatic carbocycles. The molecule has 13 heteroatoms. The number of Topliss-reactive ketones (excluding diaryl/α,β-unsaturated/α-hetero) is 1. The number of likely N-dealkylation sites (N-methyl/N-ethyl adjacent to an activating group) is 1. The highest BCUT2D eigenvalue weighted by Gasteiger charge is 2.59. The molecule has 1 fully saturated rings. The normalized spacial score (nSPS) is 25.4. The van der Waals surface area contributed by atoms with Gasteiger partial charge < -0.3 is 39.6 Å². The summed E-state index contributed by atoms with van der Waals surface area (Å²) in [6.45, 7) is 6.63. The zero-order valence-electron chi connectivity index (χ0n) is 29.6. The molecule has 0 radical (unpaired) electrons. The Bertz CT molecular complexity index is 1860. The number of thioether (sulfide) groups is 1. The van der Waals surface area contributed by atoms with Crippen LogP contribution in [0.15, 0.2) is 36.4 Å². The Morgan fingerprint density at radius 3 is 2.47 bits per heavy atom. The van der Waals surface area contributed by atoms with Crippen LogP contribution in [0.1, 0.15) is 70.1 Å². The van der Waals surface area contributed by atoms with Crippen LogP contribution < -0.4 is 24.3 Å². The molecule has 1 saturated heterocycles. The van der Waals surface area contributed by atoms with E-state index in [1.807, 2.05) is 55.3 Å². The van der Waals surface area contributed by atoms with Crippen LogP contribution in [0, 0.1) is 13.8 Å². The first-order valence-corrected chi connectivity index (χ1v) is 18.2. The van der Waals surface area contributed by atoms with Crippen LogP contribution in [0.3, 0.4) is 0 Å². The second kappa shape index (κ2) is 13.9. The summed E-state index contributed by atoms with van der Waals surface area (Å²) >= 11 is 1.50.